The first-order chi connectivity index (χ1) is 12.6. The van der Waals surface area contributed by atoms with Crippen molar-refractivity contribution in [3.8, 4) is 0 Å². The number of aryl methyl sites for hydroxylation is 1. The summed E-state index contributed by atoms with van der Waals surface area (Å²) in [5, 5.41) is 8.61. The van der Waals surface area contributed by atoms with Crippen molar-refractivity contribution in [1.29, 1.82) is 0 Å². The fourth-order valence-electron chi connectivity index (χ4n) is 2.21. The summed E-state index contributed by atoms with van der Waals surface area (Å²) in [7, 11) is 0. The maximum absolute atomic E-state index is 13.6. The summed E-state index contributed by atoms with van der Waals surface area (Å²) in [6, 6.07) is 11.2. The summed E-state index contributed by atoms with van der Waals surface area (Å²) in [5.41, 5.74) is 1.89. The normalized spacial score (nSPS) is 12.2. The van der Waals surface area contributed by atoms with Gasteiger partial charge in [-0.05, 0) is 55.8 Å². The molecule has 2 aromatic carbocycles. The second-order valence-electron chi connectivity index (χ2n) is 7.60. The van der Waals surface area contributed by atoms with Gasteiger partial charge in [-0.2, -0.15) is 0 Å². The topological polar surface area (TPSA) is 70.2 Å². The molecule has 5 nitrogen and oxygen atoms in total. The molecule has 2 rings (SSSR count). The first kappa shape index (κ1) is 20.4. The SMILES string of the molecule is Cc1ccc(NC(=O)C(C)Nc2ccc(NC(=O)C(C)(C)C)cc2)cc1F. The van der Waals surface area contributed by atoms with Gasteiger partial charge in [0.2, 0.25) is 11.8 Å². The van der Waals surface area contributed by atoms with E-state index in [4.69, 9.17) is 0 Å². The second kappa shape index (κ2) is 8.20. The Balaban J connectivity index is 1.94. The molecule has 6 heteroatoms. The van der Waals surface area contributed by atoms with Crippen LogP contribution in [0.2, 0.25) is 0 Å². The number of anilines is 3. The molecule has 0 aliphatic carbocycles. The lowest BCUT2D eigenvalue weighted by molar-refractivity contribution is -0.123. The molecule has 1 atom stereocenters. The highest BCUT2D eigenvalue weighted by molar-refractivity contribution is 5.96. The van der Waals surface area contributed by atoms with E-state index < -0.39 is 11.5 Å². The third-order valence-corrected chi connectivity index (χ3v) is 4.04. The molecule has 0 fully saturated rings. The fraction of sp³-hybridized carbons (Fsp3) is 0.333. The summed E-state index contributed by atoms with van der Waals surface area (Å²) in [5.74, 6) is -0.703. The van der Waals surface area contributed by atoms with Gasteiger partial charge in [0.15, 0.2) is 0 Å². The summed E-state index contributed by atoms with van der Waals surface area (Å²) in [6.07, 6.45) is 0. The quantitative estimate of drug-likeness (QED) is 0.722. The van der Waals surface area contributed by atoms with Gasteiger partial charge in [-0.15, -0.1) is 0 Å². The molecule has 2 aromatic rings. The van der Waals surface area contributed by atoms with Crippen LogP contribution in [0.25, 0.3) is 0 Å². The average Bonchev–Trinajstić information content (AvgIpc) is 2.59. The predicted molar refractivity (Wildman–Crippen MR) is 107 cm³/mol. The van der Waals surface area contributed by atoms with E-state index in [0.717, 1.165) is 5.69 Å². The van der Waals surface area contributed by atoms with Crippen LogP contribution in [0.15, 0.2) is 42.5 Å². The average molecular weight is 371 g/mol. The predicted octanol–water partition coefficient (Wildman–Crippen LogP) is 4.56. The monoisotopic (exact) mass is 371 g/mol. The van der Waals surface area contributed by atoms with Crippen LogP contribution in [0.1, 0.15) is 33.3 Å². The second-order valence-corrected chi connectivity index (χ2v) is 7.60. The van der Waals surface area contributed by atoms with Gasteiger partial charge in [0, 0.05) is 22.5 Å². The summed E-state index contributed by atoms with van der Waals surface area (Å²) < 4.78 is 13.6. The lowest BCUT2D eigenvalue weighted by atomic mass is 9.95. The van der Waals surface area contributed by atoms with Crippen molar-refractivity contribution in [2.24, 2.45) is 5.41 Å². The molecular formula is C21H26FN3O2. The number of carbonyl (C=O) groups excluding carboxylic acids is 2. The molecule has 0 aliphatic rings. The van der Waals surface area contributed by atoms with Gasteiger partial charge >= 0.3 is 0 Å². The van der Waals surface area contributed by atoms with Crippen molar-refractivity contribution in [1.82, 2.24) is 0 Å². The number of hydrogen-bond acceptors (Lipinski definition) is 3. The largest absolute Gasteiger partial charge is 0.374 e. The Kier molecular flexibility index (Phi) is 6.20. The molecule has 144 valence electrons. The van der Waals surface area contributed by atoms with Gasteiger partial charge in [0.25, 0.3) is 0 Å². The third kappa shape index (κ3) is 5.81. The summed E-state index contributed by atoms with van der Waals surface area (Å²) >= 11 is 0. The fourth-order valence-corrected chi connectivity index (χ4v) is 2.21. The number of rotatable bonds is 5. The van der Waals surface area contributed by atoms with Crippen LogP contribution in [0, 0.1) is 18.2 Å². The van der Waals surface area contributed by atoms with E-state index in [0.29, 0.717) is 16.9 Å². The van der Waals surface area contributed by atoms with E-state index in [-0.39, 0.29) is 17.6 Å². The van der Waals surface area contributed by atoms with Gasteiger partial charge < -0.3 is 16.0 Å². The molecule has 0 radical (unpaired) electrons. The van der Waals surface area contributed by atoms with Crippen LogP contribution >= 0.6 is 0 Å². The highest BCUT2D eigenvalue weighted by atomic mass is 19.1. The number of nitrogens with one attached hydrogen (secondary N) is 3. The molecule has 0 spiro atoms. The zero-order valence-electron chi connectivity index (χ0n) is 16.3. The Labute approximate surface area is 159 Å². The summed E-state index contributed by atoms with van der Waals surface area (Å²) in [4.78, 5) is 24.3. The van der Waals surface area contributed by atoms with Gasteiger partial charge in [-0.3, -0.25) is 9.59 Å². The highest BCUT2D eigenvalue weighted by Crippen LogP contribution is 2.20. The van der Waals surface area contributed by atoms with Crippen molar-refractivity contribution < 1.29 is 14.0 Å². The van der Waals surface area contributed by atoms with Crippen LogP contribution in [0.4, 0.5) is 21.5 Å². The van der Waals surface area contributed by atoms with Crippen molar-refractivity contribution in [2.75, 3.05) is 16.0 Å². The van der Waals surface area contributed by atoms with E-state index in [1.165, 1.54) is 6.07 Å². The number of halogens is 1. The van der Waals surface area contributed by atoms with Crippen molar-refractivity contribution in [3.05, 3.63) is 53.8 Å². The van der Waals surface area contributed by atoms with Crippen LogP contribution in [-0.2, 0) is 9.59 Å². The standard InChI is InChI=1S/C21H26FN3O2/c1-13-6-7-17(12-18(13)22)24-19(26)14(2)23-15-8-10-16(11-9-15)25-20(27)21(3,4)5/h6-12,14,23H,1-5H3,(H,24,26)(H,25,27). The maximum Gasteiger partial charge on any atom is 0.246 e. The van der Waals surface area contributed by atoms with Crippen LogP contribution in [-0.4, -0.2) is 17.9 Å². The zero-order chi connectivity index (χ0) is 20.2. The molecule has 3 N–H and O–H groups in total. The minimum Gasteiger partial charge on any atom is -0.374 e. The smallest absolute Gasteiger partial charge is 0.246 e. The first-order valence-electron chi connectivity index (χ1n) is 8.81. The maximum atomic E-state index is 13.6. The highest BCUT2D eigenvalue weighted by Gasteiger charge is 2.21. The van der Waals surface area contributed by atoms with E-state index in [1.807, 2.05) is 20.8 Å². The number of hydrogen-bond donors (Lipinski definition) is 3. The first-order valence-corrected chi connectivity index (χ1v) is 8.81. The molecule has 0 aliphatic heterocycles. The zero-order valence-corrected chi connectivity index (χ0v) is 16.3. The number of carbonyl (C=O) groups is 2. The van der Waals surface area contributed by atoms with Crippen LogP contribution in [0.3, 0.4) is 0 Å². The molecule has 0 saturated heterocycles. The Morgan fingerprint density at radius 3 is 2.04 bits per heavy atom. The Hall–Kier alpha value is -2.89. The van der Waals surface area contributed by atoms with Crippen molar-refractivity contribution in [2.45, 2.75) is 40.7 Å². The summed E-state index contributed by atoms with van der Waals surface area (Å²) in [6.45, 7) is 8.92. The number of amides is 2. The van der Waals surface area contributed by atoms with Crippen LogP contribution < -0.4 is 16.0 Å². The Morgan fingerprint density at radius 2 is 1.48 bits per heavy atom. The molecule has 2 amide bonds. The van der Waals surface area contributed by atoms with Crippen molar-refractivity contribution in [3.63, 3.8) is 0 Å². The van der Waals surface area contributed by atoms with Crippen LogP contribution in [0.5, 0.6) is 0 Å². The minimum atomic E-state index is -0.524. The van der Waals surface area contributed by atoms with Gasteiger partial charge in [0.1, 0.15) is 11.9 Å². The molecule has 27 heavy (non-hydrogen) atoms. The van der Waals surface area contributed by atoms with E-state index in [1.54, 1.807) is 50.2 Å². The molecular weight excluding hydrogens is 345 g/mol. The third-order valence-electron chi connectivity index (χ3n) is 4.04. The van der Waals surface area contributed by atoms with Crippen molar-refractivity contribution >= 4 is 28.9 Å². The van der Waals surface area contributed by atoms with Gasteiger partial charge in [-0.1, -0.05) is 26.8 Å². The van der Waals surface area contributed by atoms with Gasteiger partial charge in [0.05, 0.1) is 0 Å². The lowest BCUT2D eigenvalue weighted by Crippen LogP contribution is -2.32. The van der Waals surface area contributed by atoms with Gasteiger partial charge in [-0.25, -0.2) is 4.39 Å². The molecule has 0 saturated carbocycles. The molecule has 0 aromatic heterocycles. The molecule has 0 bridgehead atoms. The van der Waals surface area contributed by atoms with E-state index >= 15 is 0 Å². The molecule has 1 unspecified atom stereocenters. The van der Waals surface area contributed by atoms with E-state index in [2.05, 4.69) is 16.0 Å². The lowest BCUT2D eigenvalue weighted by Gasteiger charge is -2.18. The number of benzene rings is 2. The minimum absolute atomic E-state index is 0.0683. The Morgan fingerprint density at radius 1 is 0.926 bits per heavy atom. The Bertz CT molecular complexity index is 826. The molecule has 0 heterocycles. The van der Waals surface area contributed by atoms with E-state index in [9.17, 15) is 14.0 Å².